The minimum absolute atomic E-state index is 0.00730. The number of allylic oxidation sites excluding steroid dienone is 2. The lowest BCUT2D eigenvalue weighted by atomic mass is 9.87. The molecular formula is C22H26N6O3. The smallest absolute Gasteiger partial charge is 0.258 e. The number of aromatic nitrogens is 2. The summed E-state index contributed by atoms with van der Waals surface area (Å²) in [6, 6.07) is 7.52. The second-order valence-corrected chi connectivity index (χ2v) is 7.39. The van der Waals surface area contributed by atoms with Gasteiger partial charge in [-0.3, -0.25) is 9.59 Å². The van der Waals surface area contributed by atoms with Crippen LogP contribution in [0.5, 0.6) is 5.88 Å². The first kappa shape index (κ1) is 21.8. The van der Waals surface area contributed by atoms with Crippen LogP contribution in [-0.4, -0.2) is 34.4 Å². The van der Waals surface area contributed by atoms with Gasteiger partial charge in [0.15, 0.2) is 5.82 Å². The zero-order valence-corrected chi connectivity index (χ0v) is 17.7. The van der Waals surface area contributed by atoms with Crippen molar-refractivity contribution < 1.29 is 14.3 Å². The maximum absolute atomic E-state index is 12.4. The van der Waals surface area contributed by atoms with Gasteiger partial charge in [-0.15, -0.1) is 0 Å². The number of primary amides is 2. The maximum Gasteiger partial charge on any atom is 0.258 e. The molecule has 0 bridgehead atoms. The molecule has 0 saturated heterocycles. The Hall–Kier alpha value is -3.88. The Morgan fingerprint density at radius 2 is 1.97 bits per heavy atom. The van der Waals surface area contributed by atoms with E-state index < -0.39 is 17.4 Å². The summed E-state index contributed by atoms with van der Waals surface area (Å²) in [7, 11) is 1.37. The van der Waals surface area contributed by atoms with Crippen molar-refractivity contribution in [1.82, 2.24) is 9.97 Å². The van der Waals surface area contributed by atoms with Gasteiger partial charge in [-0.05, 0) is 50.0 Å². The van der Waals surface area contributed by atoms with Crippen LogP contribution < -0.4 is 26.8 Å². The molecule has 31 heavy (non-hydrogen) atoms. The molecule has 0 aliphatic heterocycles. The maximum atomic E-state index is 12.4. The summed E-state index contributed by atoms with van der Waals surface area (Å²) < 4.78 is 5.29. The fraction of sp³-hybridized carbons (Fsp3) is 0.273. The highest BCUT2D eigenvalue weighted by Gasteiger charge is 2.36. The lowest BCUT2D eigenvalue weighted by Crippen LogP contribution is -2.49. The number of rotatable bonds is 8. The second-order valence-electron chi connectivity index (χ2n) is 7.39. The van der Waals surface area contributed by atoms with Crippen molar-refractivity contribution in [3.63, 3.8) is 0 Å². The molecule has 6 N–H and O–H groups in total. The molecule has 9 nitrogen and oxygen atoms in total. The molecule has 2 amide bonds. The molecular weight excluding hydrogens is 396 g/mol. The number of methoxy groups -OCH3 is 1. The number of hydrogen-bond acceptors (Lipinski definition) is 7. The van der Waals surface area contributed by atoms with Gasteiger partial charge in [0.1, 0.15) is 11.1 Å². The zero-order valence-electron chi connectivity index (χ0n) is 17.7. The first-order chi connectivity index (χ1) is 14.7. The van der Waals surface area contributed by atoms with E-state index in [1.165, 1.54) is 7.11 Å². The van der Waals surface area contributed by atoms with Crippen molar-refractivity contribution in [2.75, 3.05) is 17.7 Å². The molecule has 0 unspecified atom stereocenters. The topological polar surface area (TPSA) is 145 Å². The van der Waals surface area contributed by atoms with Crippen molar-refractivity contribution in [2.45, 2.75) is 32.2 Å². The van der Waals surface area contributed by atoms with Crippen molar-refractivity contribution in [1.29, 1.82) is 0 Å². The fourth-order valence-electron chi connectivity index (χ4n) is 3.30. The molecule has 2 aromatic rings. The third-order valence-corrected chi connectivity index (χ3v) is 5.02. The fourth-order valence-corrected chi connectivity index (χ4v) is 3.30. The molecule has 0 spiro atoms. The predicted octanol–water partition coefficient (Wildman–Crippen LogP) is 2.57. The van der Waals surface area contributed by atoms with Gasteiger partial charge in [0.2, 0.25) is 17.7 Å². The number of nitrogens with two attached hydrogens (primary N) is 2. The molecule has 0 radical (unpaired) electrons. The van der Waals surface area contributed by atoms with Gasteiger partial charge in [-0.2, -0.15) is 9.97 Å². The van der Waals surface area contributed by atoms with E-state index in [9.17, 15) is 9.59 Å². The van der Waals surface area contributed by atoms with Crippen LogP contribution in [-0.2, 0) is 4.79 Å². The van der Waals surface area contributed by atoms with E-state index in [1.54, 1.807) is 6.92 Å². The summed E-state index contributed by atoms with van der Waals surface area (Å²) in [5, 5.41) is 6.10. The van der Waals surface area contributed by atoms with Crippen LogP contribution in [0.1, 0.15) is 35.7 Å². The largest absolute Gasteiger partial charge is 0.480 e. The van der Waals surface area contributed by atoms with Crippen molar-refractivity contribution in [3.8, 4) is 5.88 Å². The van der Waals surface area contributed by atoms with Crippen LogP contribution in [0, 0.1) is 6.92 Å². The molecule has 1 aliphatic carbocycles. The van der Waals surface area contributed by atoms with Gasteiger partial charge in [-0.25, -0.2) is 0 Å². The van der Waals surface area contributed by atoms with Crippen LogP contribution in [0.4, 0.5) is 17.5 Å². The molecule has 1 aromatic heterocycles. The minimum atomic E-state index is -1.27. The van der Waals surface area contributed by atoms with Gasteiger partial charge < -0.3 is 26.8 Å². The number of nitrogens with zero attached hydrogens (tertiary/aromatic N) is 2. The summed E-state index contributed by atoms with van der Waals surface area (Å²) >= 11 is 0. The Morgan fingerprint density at radius 3 is 2.55 bits per heavy atom. The number of benzene rings is 1. The van der Waals surface area contributed by atoms with Crippen LogP contribution in [0.2, 0.25) is 0 Å². The number of anilines is 3. The Labute approximate surface area is 180 Å². The van der Waals surface area contributed by atoms with Gasteiger partial charge in [-0.1, -0.05) is 30.4 Å². The van der Waals surface area contributed by atoms with E-state index in [4.69, 9.17) is 16.2 Å². The Balaban J connectivity index is 2.08. The minimum Gasteiger partial charge on any atom is -0.480 e. The molecule has 0 saturated carbocycles. The number of nitrogens with one attached hydrogen (secondary N) is 2. The number of carbonyl (C=O) groups is 2. The van der Waals surface area contributed by atoms with E-state index in [-0.39, 0.29) is 23.2 Å². The molecule has 9 heteroatoms. The molecule has 1 aromatic carbocycles. The Kier molecular flexibility index (Phi) is 6.24. The van der Waals surface area contributed by atoms with E-state index >= 15 is 0 Å². The third kappa shape index (κ3) is 4.66. The standard InChI is InChI=1S/C22H26N6O3/c1-13-8-7-11-15(12-13)25-18-16(17(23)29)19(31-3)27-21(26-18)28-22(2,20(24)30)14-9-5-4-6-10-14/h5,7-12H,4,6H2,1-3H3,(H2,23,29)(H2,24,30)(H2,25,26,27,28)/t22-/m1/s1. The number of amides is 2. The highest BCUT2D eigenvalue weighted by atomic mass is 16.5. The van der Waals surface area contributed by atoms with Crippen LogP contribution in [0.3, 0.4) is 0 Å². The van der Waals surface area contributed by atoms with Crippen LogP contribution >= 0.6 is 0 Å². The SMILES string of the molecule is COc1nc(N[C@@](C)(C(N)=O)C2=CCCC=C2)nc(Nc2cccc(C)c2)c1C(N)=O. The first-order valence-corrected chi connectivity index (χ1v) is 9.79. The van der Waals surface area contributed by atoms with Gasteiger partial charge in [0.25, 0.3) is 5.91 Å². The third-order valence-electron chi connectivity index (χ3n) is 5.02. The lowest BCUT2D eigenvalue weighted by molar-refractivity contribution is -0.120. The molecule has 1 atom stereocenters. The summed E-state index contributed by atoms with van der Waals surface area (Å²) in [6.07, 6.45) is 7.45. The number of ether oxygens (including phenoxy) is 1. The highest BCUT2D eigenvalue weighted by Crippen LogP contribution is 2.31. The summed E-state index contributed by atoms with van der Waals surface area (Å²) in [5.74, 6) is -1.18. The number of hydrogen-bond donors (Lipinski definition) is 4. The zero-order chi connectivity index (χ0) is 22.6. The molecule has 0 fully saturated rings. The van der Waals surface area contributed by atoms with Crippen molar-refractivity contribution >= 4 is 29.3 Å². The molecule has 1 aliphatic rings. The monoisotopic (exact) mass is 422 g/mol. The van der Waals surface area contributed by atoms with Gasteiger partial charge >= 0.3 is 0 Å². The summed E-state index contributed by atoms with van der Waals surface area (Å²) in [5.41, 5.74) is 12.4. The van der Waals surface area contributed by atoms with Crippen LogP contribution in [0.25, 0.3) is 0 Å². The van der Waals surface area contributed by atoms with E-state index in [1.807, 2.05) is 49.4 Å². The normalized spacial score (nSPS) is 14.9. The summed E-state index contributed by atoms with van der Waals surface area (Å²) in [6.45, 7) is 3.60. The molecule has 162 valence electrons. The van der Waals surface area contributed by atoms with Gasteiger partial charge in [0, 0.05) is 5.69 Å². The average molecular weight is 422 g/mol. The van der Waals surface area contributed by atoms with Crippen LogP contribution in [0.15, 0.2) is 48.1 Å². The average Bonchev–Trinajstić information content (AvgIpc) is 2.73. The molecule has 1 heterocycles. The number of aryl methyl sites for hydroxylation is 1. The van der Waals surface area contributed by atoms with Gasteiger partial charge in [0.05, 0.1) is 7.11 Å². The number of carbonyl (C=O) groups excluding carboxylic acids is 2. The van der Waals surface area contributed by atoms with Crippen molar-refractivity contribution in [2.24, 2.45) is 11.5 Å². The van der Waals surface area contributed by atoms with E-state index in [0.717, 1.165) is 18.4 Å². The second kappa shape index (κ2) is 8.86. The quantitative estimate of drug-likeness (QED) is 0.511. The Bertz CT molecular complexity index is 1080. The Morgan fingerprint density at radius 1 is 1.19 bits per heavy atom. The lowest BCUT2D eigenvalue weighted by Gasteiger charge is -2.30. The van der Waals surface area contributed by atoms with E-state index in [0.29, 0.717) is 11.3 Å². The highest BCUT2D eigenvalue weighted by molar-refractivity contribution is 6.01. The molecule has 3 rings (SSSR count). The summed E-state index contributed by atoms with van der Waals surface area (Å²) in [4.78, 5) is 33.2. The predicted molar refractivity (Wildman–Crippen MR) is 119 cm³/mol. The van der Waals surface area contributed by atoms with E-state index in [2.05, 4.69) is 20.6 Å². The van der Waals surface area contributed by atoms with Crippen molar-refractivity contribution in [3.05, 3.63) is 59.2 Å². The first-order valence-electron chi connectivity index (χ1n) is 9.79.